The maximum atomic E-state index is 13.2. The summed E-state index contributed by atoms with van der Waals surface area (Å²) in [4.78, 5) is 22.4. The average Bonchev–Trinajstić information content (AvgIpc) is 3.59. The molecule has 1 aromatic heterocycles. The number of aromatic nitrogens is 1. The molecule has 2 N–H and O–H groups in total. The van der Waals surface area contributed by atoms with E-state index in [-0.39, 0.29) is 18.0 Å². The first kappa shape index (κ1) is 23.7. The van der Waals surface area contributed by atoms with Crippen molar-refractivity contribution in [1.29, 1.82) is 0 Å². The van der Waals surface area contributed by atoms with Gasteiger partial charge in [-0.05, 0) is 24.6 Å². The van der Waals surface area contributed by atoms with Crippen molar-refractivity contribution in [3.63, 3.8) is 0 Å². The molecule has 0 radical (unpaired) electrons. The number of hydrogen-bond acceptors (Lipinski definition) is 8. The molecule has 0 bridgehead atoms. The second-order valence-electron chi connectivity index (χ2n) is 8.83. The number of carbonyl (C=O) groups is 1. The molecule has 2 atom stereocenters. The lowest BCUT2D eigenvalue weighted by molar-refractivity contribution is -0.135. The van der Waals surface area contributed by atoms with Gasteiger partial charge in [-0.1, -0.05) is 30.3 Å². The van der Waals surface area contributed by atoms with E-state index in [1.807, 2.05) is 41.3 Å². The molecule has 2 saturated heterocycles. The number of hydrazine groups is 1. The summed E-state index contributed by atoms with van der Waals surface area (Å²) in [7, 11) is 3.30. The van der Waals surface area contributed by atoms with E-state index in [4.69, 9.17) is 14.5 Å². The van der Waals surface area contributed by atoms with E-state index in [1.165, 1.54) is 0 Å². The summed E-state index contributed by atoms with van der Waals surface area (Å²) >= 11 is 1.70. The quantitative estimate of drug-likeness (QED) is 0.524. The van der Waals surface area contributed by atoms with Crippen molar-refractivity contribution in [1.82, 2.24) is 25.6 Å². The number of rotatable bonds is 7. The van der Waals surface area contributed by atoms with Gasteiger partial charge in [0.25, 0.3) is 0 Å². The third-order valence-corrected chi connectivity index (χ3v) is 7.51. The molecule has 0 aliphatic carbocycles. The SMILES string of the molecule is COc1ccc(OC)c(C2CC(C(=O)N3CCN(Cc4nc(-c5ccccc5)cs4)CC3)NN2)c1. The summed E-state index contributed by atoms with van der Waals surface area (Å²) in [5.41, 5.74) is 9.64. The average molecular weight is 494 g/mol. The van der Waals surface area contributed by atoms with Gasteiger partial charge in [-0.3, -0.25) is 9.69 Å². The maximum Gasteiger partial charge on any atom is 0.241 e. The van der Waals surface area contributed by atoms with Gasteiger partial charge >= 0.3 is 0 Å². The lowest BCUT2D eigenvalue weighted by Crippen LogP contribution is -2.53. The lowest BCUT2D eigenvalue weighted by Gasteiger charge is -2.35. The molecule has 9 heteroatoms. The van der Waals surface area contributed by atoms with Crippen molar-refractivity contribution in [2.24, 2.45) is 0 Å². The largest absolute Gasteiger partial charge is 0.497 e. The Hall–Kier alpha value is -2.98. The molecule has 184 valence electrons. The molecular weight excluding hydrogens is 462 g/mol. The Labute approximate surface area is 209 Å². The summed E-state index contributed by atoms with van der Waals surface area (Å²) in [5.74, 6) is 1.69. The van der Waals surface area contributed by atoms with Crippen LogP contribution in [-0.4, -0.2) is 67.1 Å². The highest BCUT2D eigenvalue weighted by Gasteiger charge is 2.35. The summed E-state index contributed by atoms with van der Waals surface area (Å²) in [6.07, 6.45) is 0.657. The van der Waals surface area contributed by atoms with Crippen LogP contribution in [0.4, 0.5) is 0 Å². The molecule has 3 aromatic rings. The molecule has 35 heavy (non-hydrogen) atoms. The molecule has 8 nitrogen and oxygen atoms in total. The van der Waals surface area contributed by atoms with Crippen LogP contribution in [0, 0.1) is 0 Å². The van der Waals surface area contributed by atoms with Crippen molar-refractivity contribution in [3.8, 4) is 22.8 Å². The van der Waals surface area contributed by atoms with E-state index in [0.29, 0.717) is 6.42 Å². The molecule has 1 amide bonds. The van der Waals surface area contributed by atoms with Crippen LogP contribution in [0.15, 0.2) is 53.9 Å². The van der Waals surface area contributed by atoms with Crippen LogP contribution < -0.4 is 20.3 Å². The van der Waals surface area contributed by atoms with E-state index in [1.54, 1.807) is 25.6 Å². The lowest BCUT2D eigenvalue weighted by atomic mass is 10.00. The van der Waals surface area contributed by atoms with Crippen LogP contribution in [0.25, 0.3) is 11.3 Å². The number of amides is 1. The summed E-state index contributed by atoms with van der Waals surface area (Å²) in [6.45, 7) is 3.96. The van der Waals surface area contributed by atoms with E-state index >= 15 is 0 Å². The highest BCUT2D eigenvalue weighted by atomic mass is 32.1. The Balaban J connectivity index is 1.14. The fourth-order valence-corrected chi connectivity index (χ4v) is 5.54. The Morgan fingerprint density at radius 1 is 1.06 bits per heavy atom. The van der Waals surface area contributed by atoms with Crippen LogP contribution in [0.5, 0.6) is 11.5 Å². The third-order valence-electron chi connectivity index (χ3n) is 6.68. The molecule has 5 rings (SSSR count). The predicted molar refractivity (Wildman–Crippen MR) is 136 cm³/mol. The molecule has 2 aromatic carbocycles. The van der Waals surface area contributed by atoms with E-state index in [2.05, 4.69) is 33.3 Å². The first-order valence-electron chi connectivity index (χ1n) is 11.9. The molecule has 3 heterocycles. The fraction of sp³-hybridized carbons (Fsp3) is 0.385. The number of methoxy groups -OCH3 is 2. The number of nitrogens with one attached hydrogen (secondary N) is 2. The van der Waals surface area contributed by atoms with Gasteiger partial charge < -0.3 is 14.4 Å². The van der Waals surface area contributed by atoms with Crippen molar-refractivity contribution in [3.05, 3.63) is 64.5 Å². The van der Waals surface area contributed by atoms with Gasteiger partial charge in [0.1, 0.15) is 22.5 Å². The second kappa shape index (κ2) is 10.7. The molecule has 0 saturated carbocycles. The maximum absolute atomic E-state index is 13.2. The summed E-state index contributed by atoms with van der Waals surface area (Å²) in [5, 5.41) is 3.23. The Kier molecular flexibility index (Phi) is 7.29. The van der Waals surface area contributed by atoms with Crippen LogP contribution in [-0.2, 0) is 11.3 Å². The number of thiazole rings is 1. The van der Waals surface area contributed by atoms with Crippen molar-refractivity contribution < 1.29 is 14.3 Å². The zero-order valence-electron chi connectivity index (χ0n) is 20.1. The van der Waals surface area contributed by atoms with Gasteiger partial charge in [-0.2, -0.15) is 0 Å². The van der Waals surface area contributed by atoms with Crippen LogP contribution in [0.3, 0.4) is 0 Å². The second-order valence-corrected chi connectivity index (χ2v) is 9.77. The van der Waals surface area contributed by atoms with Crippen molar-refractivity contribution >= 4 is 17.2 Å². The predicted octanol–water partition coefficient (Wildman–Crippen LogP) is 3.08. The molecular formula is C26H31N5O3S. The molecule has 2 fully saturated rings. The van der Waals surface area contributed by atoms with Gasteiger partial charge in [-0.25, -0.2) is 15.8 Å². The van der Waals surface area contributed by atoms with Crippen LogP contribution >= 0.6 is 11.3 Å². The van der Waals surface area contributed by atoms with Gasteiger partial charge in [0.05, 0.1) is 32.5 Å². The zero-order chi connectivity index (χ0) is 24.2. The van der Waals surface area contributed by atoms with Gasteiger partial charge in [-0.15, -0.1) is 11.3 Å². The number of ether oxygens (including phenoxy) is 2. The van der Waals surface area contributed by atoms with Crippen LogP contribution in [0.2, 0.25) is 0 Å². The molecule has 2 aliphatic heterocycles. The number of benzene rings is 2. The van der Waals surface area contributed by atoms with Crippen molar-refractivity contribution in [2.45, 2.75) is 25.0 Å². The minimum absolute atomic E-state index is 0.0287. The monoisotopic (exact) mass is 493 g/mol. The smallest absolute Gasteiger partial charge is 0.241 e. The summed E-state index contributed by atoms with van der Waals surface area (Å²) < 4.78 is 10.9. The van der Waals surface area contributed by atoms with Crippen molar-refractivity contribution in [2.75, 3.05) is 40.4 Å². The van der Waals surface area contributed by atoms with E-state index in [9.17, 15) is 4.79 Å². The molecule has 0 spiro atoms. The normalized spacial score (nSPS) is 20.7. The third kappa shape index (κ3) is 5.33. The minimum Gasteiger partial charge on any atom is -0.497 e. The topological polar surface area (TPSA) is 79.0 Å². The van der Waals surface area contributed by atoms with E-state index in [0.717, 1.165) is 66.1 Å². The zero-order valence-corrected chi connectivity index (χ0v) is 20.9. The Morgan fingerprint density at radius 2 is 1.86 bits per heavy atom. The number of hydrogen-bond donors (Lipinski definition) is 2. The van der Waals surface area contributed by atoms with Gasteiger partial charge in [0, 0.05) is 42.7 Å². The van der Waals surface area contributed by atoms with Crippen LogP contribution in [0.1, 0.15) is 23.0 Å². The molecule has 2 unspecified atom stereocenters. The standard InChI is InChI=1S/C26H31N5O3S/c1-33-19-8-9-24(34-2)20(14-19)21-15-22(29-28-21)26(32)31-12-10-30(11-13-31)16-25-27-23(17-35-25)18-6-4-3-5-7-18/h3-9,14,17,21-22,28-29H,10-13,15-16H2,1-2H3. The van der Waals surface area contributed by atoms with Gasteiger partial charge in [0.15, 0.2) is 0 Å². The minimum atomic E-state index is -0.269. The number of carbonyl (C=O) groups excluding carboxylic acids is 1. The highest BCUT2D eigenvalue weighted by molar-refractivity contribution is 7.09. The Morgan fingerprint density at radius 3 is 2.60 bits per heavy atom. The van der Waals surface area contributed by atoms with E-state index < -0.39 is 0 Å². The number of nitrogens with zero attached hydrogens (tertiary/aromatic N) is 3. The molecule has 2 aliphatic rings. The first-order chi connectivity index (χ1) is 17.1. The number of piperazine rings is 1. The Bertz CT molecular complexity index is 1150. The fourth-order valence-electron chi connectivity index (χ4n) is 4.70. The first-order valence-corrected chi connectivity index (χ1v) is 12.8. The highest BCUT2D eigenvalue weighted by Crippen LogP contribution is 2.33. The van der Waals surface area contributed by atoms with Gasteiger partial charge in [0.2, 0.25) is 5.91 Å². The summed E-state index contributed by atoms with van der Waals surface area (Å²) in [6, 6.07) is 15.7.